The molecule has 0 unspecified atom stereocenters. The molecule has 0 aliphatic carbocycles. The van der Waals surface area contributed by atoms with Crippen LogP contribution < -0.4 is 0 Å². The van der Waals surface area contributed by atoms with Crippen LogP contribution in [0.15, 0.2) is 41.0 Å². The summed E-state index contributed by atoms with van der Waals surface area (Å²) in [4.78, 5) is 14.3. The van der Waals surface area contributed by atoms with E-state index in [0.29, 0.717) is 13.1 Å². The van der Waals surface area contributed by atoms with Gasteiger partial charge in [-0.2, -0.15) is 0 Å². The molecule has 0 bridgehead atoms. The molecule has 0 atom stereocenters. The van der Waals surface area contributed by atoms with Crippen molar-refractivity contribution in [1.29, 1.82) is 0 Å². The fourth-order valence-electron chi connectivity index (χ4n) is 3.26. The van der Waals surface area contributed by atoms with E-state index in [1.807, 2.05) is 32.9 Å². The van der Waals surface area contributed by atoms with Crippen LogP contribution in [0.25, 0.3) is 11.3 Å². The molecule has 0 N–H and O–H groups in total. The third kappa shape index (κ3) is 3.32. The maximum atomic E-state index is 12.5. The largest absolute Gasteiger partial charge is 0.464 e. The van der Waals surface area contributed by atoms with Gasteiger partial charge in [0.1, 0.15) is 11.4 Å². The van der Waals surface area contributed by atoms with Gasteiger partial charge in [-0.05, 0) is 50.1 Å². The normalized spacial score (nSPS) is 16.6. The first kappa shape index (κ1) is 16.6. The van der Waals surface area contributed by atoms with Gasteiger partial charge in [-0.15, -0.1) is 0 Å². The molecule has 0 saturated carbocycles. The topological polar surface area (TPSA) is 42.7 Å². The molecule has 2 aromatic rings. The van der Waals surface area contributed by atoms with Crippen molar-refractivity contribution in [3.05, 3.63) is 47.7 Å². The molecule has 0 radical (unpaired) electrons. The minimum Gasteiger partial charge on any atom is -0.464 e. The van der Waals surface area contributed by atoms with Crippen LogP contribution in [-0.4, -0.2) is 23.1 Å². The zero-order valence-electron chi connectivity index (χ0n) is 15.1. The van der Waals surface area contributed by atoms with Crippen LogP contribution in [0.5, 0.6) is 0 Å². The number of nitrogens with zero attached hydrogens (tertiary/aromatic N) is 1. The molecule has 1 amide bonds. The molecule has 1 aromatic heterocycles. The molecule has 3 rings (SSSR count). The van der Waals surface area contributed by atoms with Gasteiger partial charge in [-0.1, -0.05) is 26.0 Å². The first-order chi connectivity index (χ1) is 11.2. The van der Waals surface area contributed by atoms with Gasteiger partial charge in [0.15, 0.2) is 0 Å². The molecule has 2 heterocycles. The van der Waals surface area contributed by atoms with E-state index >= 15 is 0 Å². The average molecular weight is 327 g/mol. The number of carbonyl (C=O) groups excluding carboxylic acids is 1. The summed E-state index contributed by atoms with van der Waals surface area (Å²) >= 11 is 0. The highest BCUT2D eigenvalue weighted by atomic mass is 16.6. The standard InChI is InChI=1S/C20H25NO3/c1-19(2,3)24-18(22)21-12-15-11-14(17-7-6-10-23-17)8-9-16(15)20(4,5)13-21/h6-11H,12-13H2,1-5H3. The number of hydrogen-bond acceptors (Lipinski definition) is 3. The Kier molecular flexibility index (Phi) is 3.94. The van der Waals surface area contributed by atoms with Crippen LogP contribution in [0.2, 0.25) is 0 Å². The number of fused-ring (bicyclic) bond motifs is 1. The second-order valence-corrected chi connectivity index (χ2v) is 8.07. The van der Waals surface area contributed by atoms with Crippen LogP contribution in [0.3, 0.4) is 0 Å². The van der Waals surface area contributed by atoms with Gasteiger partial charge in [0.2, 0.25) is 0 Å². The monoisotopic (exact) mass is 327 g/mol. The lowest BCUT2D eigenvalue weighted by Gasteiger charge is -2.40. The maximum absolute atomic E-state index is 12.5. The molecule has 1 aromatic carbocycles. The number of amides is 1. The van der Waals surface area contributed by atoms with E-state index in [0.717, 1.165) is 16.9 Å². The van der Waals surface area contributed by atoms with Crippen LogP contribution in [0.4, 0.5) is 4.79 Å². The van der Waals surface area contributed by atoms with Gasteiger partial charge in [0, 0.05) is 24.1 Å². The van der Waals surface area contributed by atoms with Crippen LogP contribution in [0.1, 0.15) is 45.7 Å². The summed E-state index contributed by atoms with van der Waals surface area (Å²) < 4.78 is 11.1. The molecule has 0 spiro atoms. The van der Waals surface area contributed by atoms with Gasteiger partial charge in [0.25, 0.3) is 0 Å². The van der Waals surface area contributed by atoms with E-state index in [1.165, 1.54) is 5.56 Å². The SMILES string of the molecule is CC(C)(C)OC(=O)N1Cc2cc(-c3ccco3)ccc2C(C)(C)C1. The summed E-state index contributed by atoms with van der Waals surface area (Å²) in [5, 5.41) is 0. The van der Waals surface area contributed by atoms with Gasteiger partial charge < -0.3 is 14.1 Å². The highest BCUT2D eigenvalue weighted by Gasteiger charge is 2.35. The smallest absolute Gasteiger partial charge is 0.410 e. The molecular formula is C20H25NO3. The molecule has 24 heavy (non-hydrogen) atoms. The lowest BCUT2D eigenvalue weighted by atomic mass is 9.78. The molecule has 1 aliphatic rings. The second kappa shape index (κ2) is 5.69. The lowest BCUT2D eigenvalue weighted by Crippen LogP contribution is -2.46. The zero-order chi connectivity index (χ0) is 17.5. The fraction of sp³-hybridized carbons (Fsp3) is 0.450. The number of furan rings is 1. The lowest BCUT2D eigenvalue weighted by molar-refractivity contribution is 0.0174. The number of carbonyl (C=O) groups is 1. The second-order valence-electron chi connectivity index (χ2n) is 8.07. The molecule has 0 saturated heterocycles. The van der Waals surface area contributed by atoms with E-state index in [9.17, 15) is 4.79 Å². The minimum atomic E-state index is -0.489. The van der Waals surface area contributed by atoms with E-state index in [-0.39, 0.29) is 11.5 Å². The number of ether oxygens (including phenoxy) is 1. The van der Waals surface area contributed by atoms with E-state index in [2.05, 4.69) is 32.0 Å². The highest BCUT2D eigenvalue weighted by molar-refractivity contribution is 5.70. The molecule has 1 aliphatic heterocycles. The molecule has 4 nitrogen and oxygen atoms in total. The predicted molar refractivity (Wildman–Crippen MR) is 93.8 cm³/mol. The first-order valence-electron chi connectivity index (χ1n) is 8.31. The van der Waals surface area contributed by atoms with Crippen molar-refractivity contribution in [3.63, 3.8) is 0 Å². The number of rotatable bonds is 1. The average Bonchev–Trinajstić information content (AvgIpc) is 2.98. The Bertz CT molecular complexity index is 739. The van der Waals surface area contributed by atoms with Crippen molar-refractivity contribution in [1.82, 2.24) is 4.90 Å². The van der Waals surface area contributed by atoms with Crippen molar-refractivity contribution >= 4 is 6.09 Å². The Morgan fingerprint density at radius 1 is 1.25 bits per heavy atom. The molecule has 128 valence electrons. The van der Waals surface area contributed by atoms with Gasteiger partial charge in [-0.3, -0.25) is 0 Å². The Labute approximate surface area is 143 Å². The first-order valence-corrected chi connectivity index (χ1v) is 8.31. The number of hydrogen-bond donors (Lipinski definition) is 0. The van der Waals surface area contributed by atoms with Crippen molar-refractivity contribution in [2.24, 2.45) is 0 Å². The summed E-state index contributed by atoms with van der Waals surface area (Å²) in [6.07, 6.45) is 1.41. The Balaban J connectivity index is 1.92. The zero-order valence-corrected chi connectivity index (χ0v) is 15.1. The molecular weight excluding hydrogens is 302 g/mol. The third-order valence-corrected chi connectivity index (χ3v) is 4.24. The Hall–Kier alpha value is -2.23. The Morgan fingerprint density at radius 3 is 2.62 bits per heavy atom. The third-order valence-electron chi connectivity index (χ3n) is 4.24. The quantitative estimate of drug-likeness (QED) is 0.742. The molecule has 4 heteroatoms. The van der Waals surface area contributed by atoms with E-state index in [1.54, 1.807) is 11.2 Å². The maximum Gasteiger partial charge on any atom is 0.410 e. The van der Waals surface area contributed by atoms with Gasteiger partial charge in [0.05, 0.1) is 6.26 Å². The minimum absolute atomic E-state index is 0.119. The van der Waals surface area contributed by atoms with Crippen LogP contribution in [0, 0.1) is 0 Å². The van der Waals surface area contributed by atoms with Crippen molar-refractivity contribution < 1.29 is 13.9 Å². The van der Waals surface area contributed by atoms with Crippen LogP contribution in [-0.2, 0) is 16.7 Å². The van der Waals surface area contributed by atoms with Crippen LogP contribution >= 0.6 is 0 Å². The summed E-state index contributed by atoms with van der Waals surface area (Å²) in [7, 11) is 0. The van der Waals surface area contributed by atoms with Crippen molar-refractivity contribution in [2.75, 3.05) is 6.54 Å². The highest BCUT2D eigenvalue weighted by Crippen LogP contribution is 2.36. The summed E-state index contributed by atoms with van der Waals surface area (Å²) in [6, 6.07) is 10.2. The summed E-state index contributed by atoms with van der Waals surface area (Å²) in [5.41, 5.74) is 2.84. The molecule has 0 fully saturated rings. The predicted octanol–water partition coefficient (Wildman–Crippen LogP) is 4.97. The van der Waals surface area contributed by atoms with E-state index in [4.69, 9.17) is 9.15 Å². The van der Waals surface area contributed by atoms with E-state index < -0.39 is 5.60 Å². The summed E-state index contributed by atoms with van der Waals surface area (Å²) in [6.45, 7) is 11.2. The Morgan fingerprint density at radius 2 is 2.00 bits per heavy atom. The van der Waals surface area contributed by atoms with Crippen molar-refractivity contribution in [3.8, 4) is 11.3 Å². The van der Waals surface area contributed by atoms with Gasteiger partial charge >= 0.3 is 6.09 Å². The van der Waals surface area contributed by atoms with Gasteiger partial charge in [-0.25, -0.2) is 4.79 Å². The summed E-state index contributed by atoms with van der Waals surface area (Å²) in [5.74, 6) is 0.838. The van der Waals surface area contributed by atoms with Crippen molar-refractivity contribution in [2.45, 2.75) is 52.2 Å². The number of benzene rings is 1. The fourth-order valence-corrected chi connectivity index (χ4v) is 3.26.